The van der Waals surface area contributed by atoms with E-state index in [4.69, 9.17) is 11.6 Å². The normalized spacial score (nSPS) is 10.3. The molecule has 0 N–H and O–H groups in total. The van der Waals surface area contributed by atoms with Gasteiger partial charge in [0, 0.05) is 18.2 Å². The zero-order valence-electron chi connectivity index (χ0n) is 9.90. The fraction of sp³-hybridized carbons (Fsp3) is 0.545. The van der Waals surface area contributed by atoms with Crippen LogP contribution < -0.4 is 0 Å². The van der Waals surface area contributed by atoms with Gasteiger partial charge in [-0.05, 0) is 6.42 Å². The second kappa shape index (κ2) is 7.50. The zero-order chi connectivity index (χ0) is 12.7. The molecular formula is C11H15ClN2O2S. The van der Waals surface area contributed by atoms with Crippen LogP contribution in [0.5, 0.6) is 0 Å². The first kappa shape index (κ1) is 14.3. The monoisotopic (exact) mass is 274 g/mol. The summed E-state index contributed by atoms with van der Waals surface area (Å²) in [5.41, 5.74) is 0. The van der Waals surface area contributed by atoms with E-state index in [0.717, 1.165) is 23.7 Å². The number of aryl methyl sites for hydroxylation is 1. The van der Waals surface area contributed by atoms with Gasteiger partial charge >= 0.3 is 5.97 Å². The third kappa shape index (κ3) is 5.37. The van der Waals surface area contributed by atoms with E-state index in [0.29, 0.717) is 17.3 Å². The Bertz CT molecular complexity index is 388. The summed E-state index contributed by atoms with van der Waals surface area (Å²) < 4.78 is 4.56. The van der Waals surface area contributed by atoms with Gasteiger partial charge in [-0.2, -0.15) is 0 Å². The molecule has 1 rings (SSSR count). The molecule has 0 unspecified atom stereocenters. The molecule has 0 aliphatic heterocycles. The maximum atomic E-state index is 10.9. The van der Waals surface area contributed by atoms with Gasteiger partial charge in [-0.3, -0.25) is 4.79 Å². The Morgan fingerprint density at radius 3 is 2.94 bits per heavy atom. The van der Waals surface area contributed by atoms with E-state index >= 15 is 0 Å². The highest BCUT2D eigenvalue weighted by molar-refractivity contribution is 7.99. The van der Waals surface area contributed by atoms with Crippen molar-refractivity contribution >= 4 is 29.3 Å². The Balaban J connectivity index is 2.55. The number of halogens is 1. The van der Waals surface area contributed by atoms with Crippen LogP contribution in [0.2, 0.25) is 5.15 Å². The van der Waals surface area contributed by atoms with Gasteiger partial charge < -0.3 is 4.74 Å². The second-order valence-corrected chi connectivity index (χ2v) is 4.87. The number of ether oxygens (including phenoxy) is 1. The van der Waals surface area contributed by atoms with Crippen molar-refractivity contribution in [1.82, 2.24) is 9.97 Å². The lowest BCUT2D eigenvalue weighted by Crippen LogP contribution is -2.02. The fourth-order valence-corrected chi connectivity index (χ4v) is 2.30. The quantitative estimate of drug-likeness (QED) is 0.454. The molecule has 0 fully saturated rings. The lowest BCUT2D eigenvalue weighted by atomic mass is 10.3. The first-order valence-electron chi connectivity index (χ1n) is 5.38. The van der Waals surface area contributed by atoms with Crippen LogP contribution in [0.3, 0.4) is 0 Å². The van der Waals surface area contributed by atoms with Gasteiger partial charge in [0.05, 0.1) is 13.5 Å². The number of carbonyl (C=O) groups excluding carboxylic acids is 1. The molecule has 4 nitrogen and oxygen atoms in total. The van der Waals surface area contributed by atoms with Crippen LogP contribution in [0.4, 0.5) is 0 Å². The summed E-state index contributed by atoms with van der Waals surface area (Å²) >= 11 is 7.38. The van der Waals surface area contributed by atoms with E-state index in [1.54, 1.807) is 6.07 Å². The minimum absolute atomic E-state index is 0.216. The van der Waals surface area contributed by atoms with Crippen LogP contribution in [0.15, 0.2) is 11.1 Å². The molecule has 0 saturated heterocycles. The third-order valence-electron chi connectivity index (χ3n) is 1.98. The predicted molar refractivity (Wildman–Crippen MR) is 68.4 cm³/mol. The Kier molecular flexibility index (Phi) is 6.29. The van der Waals surface area contributed by atoms with Crippen LogP contribution in [-0.4, -0.2) is 28.8 Å². The summed E-state index contributed by atoms with van der Waals surface area (Å²) in [6.45, 7) is 2.06. The first-order valence-corrected chi connectivity index (χ1v) is 6.75. The number of thioether (sulfide) groups is 1. The second-order valence-electron chi connectivity index (χ2n) is 3.37. The average Bonchev–Trinajstić information content (AvgIpc) is 2.28. The van der Waals surface area contributed by atoms with E-state index in [-0.39, 0.29) is 5.97 Å². The van der Waals surface area contributed by atoms with Crippen molar-refractivity contribution in [2.75, 3.05) is 12.9 Å². The molecule has 0 radical (unpaired) electrons. The topological polar surface area (TPSA) is 52.1 Å². The highest BCUT2D eigenvalue weighted by Crippen LogP contribution is 2.20. The molecule has 0 saturated carbocycles. The summed E-state index contributed by atoms with van der Waals surface area (Å²) in [6.07, 6.45) is 2.16. The van der Waals surface area contributed by atoms with E-state index in [9.17, 15) is 4.79 Å². The van der Waals surface area contributed by atoms with Crippen molar-refractivity contribution in [1.29, 1.82) is 0 Å². The van der Waals surface area contributed by atoms with Gasteiger partial charge in [0.2, 0.25) is 0 Å². The van der Waals surface area contributed by atoms with Crippen molar-refractivity contribution in [3.63, 3.8) is 0 Å². The number of methoxy groups -OCH3 is 1. The molecule has 6 heteroatoms. The van der Waals surface area contributed by atoms with Gasteiger partial charge in [-0.15, -0.1) is 11.8 Å². The van der Waals surface area contributed by atoms with Gasteiger partial charge in [0.1, 0.15) is 16.0 Å². The van der Waals surface area contributed by atoms with Crippen LogP contribution >= 0.6 is 23.4 Å². The Labute approximate surface area is 110 Å². The first-order chi connectivity index (χ1) is 8.15. The molecule has 0 aliphatic carbocycles. The molecule has 1 heterocycles. The molecule has 1 aromatic rings. The molecule has 0 aliphatic rings. The molecule has 17 heavy (non-hydrogen) atoms. The van der Waals surface area contributed by atoms with Crippen LogP contribution in [0.25, 0.3) is 0 Å². The van der Waals surface area contributed by atoms with Crippen LogP contribution in [-0.2, 0) is 16.0 Å². The zero-order valence-corrected chi connectivity index (χ0v) is 11.5. The SMILES string of the molecule is CCCc1nc(Cl)cc(SCCC(=O)OC)n1. The van der Waals surface area contributed by atoms with E-state index in [2.05, 4.69) is 21.6 Å². The summed E-state index contributed by atoms with van der Waals surface area (Å²) in [7, 11) is 1.38. The fourth-order valence-electron chi connectivity index (χ4n) is 1.19. The van der Waals surface area contributed by atoms with Crippen molar-refractivity contribution < 1.29 is 9.53 Å². The number of nitrogens with zero attached hydrogens (tertiary/aromatic N) is 2. The van der Waals surface area contributed by atoms with Crippen molar-refractivity contribution in [2.24, 2.45) is 0 Å². The predicted octanol–water partition coefficient (Wildman–Crippen LogP) is 2.74. The third-order valence-corrected chi connectivity index (χ3v) is 3.08. The van der Waals surface area contributed by atoms with E-state index < -0.39 is 0 Å². The molecule has 0 spiro atoms. The van der Waals surface area contributed by atoms with Crippen LogP contribution in [0.1, 0.15) is 25.6 Å². The highest BCUT2D eigenvalue weighted by Gasteiger charge is 2.05. The minimum atomic E-state index is -0.216. The van der Waals surface area contributed by atoms with Gasteiger partial charge in [0.25, 0.3) is 0 Å². The molecule has 0 amide bonds. The molecule has 0 aromatic carbocycles. The number of hydrogen-bond acceptors (Lipinski definition) is 5. The number of aromatic nitrogens is 2. The maximum absolute atomic E-state index is 10.9. The molecule has 94 valence electrons. The summed E-state index contributed by atoms with van der Waals surface area (Å²) in [6, 6.07) is 1.71. The minimum Gasteiger partial charge on any atom is -0.469 e. The smallest absolute Gasteiger partial charge is 0.306 e. The van der Waals surface area contributed by atoms with E-state index in [1.807, 2.05) is 0 Å². The lowest BCUT2D eigenvalue weighted by molar-refractivity contribution is -0.140. The molecular weight excluding hydrogens is 260 g/mol. The average molecular weight is 275 g/mol. The van der Waals surface area contributed by atoms with Crippen molar-refractivity contribution in [3.05, 3.63) is 17.0 Å². The van der Waals surface area contributed by atoms with Gasteiger partial charge in [-0.25, -0.2) is 9.97 Å². The van der Waals surface area contributed by atoms with E-state index in [1.165, 1.54) is 18.9 Å². The largest absolute Gasteiger partial charge is 0.469 e. The van der Waals surface area contributed by atoms with Crippen molar-refractivity contribution in [2.45, 2.75) is 31.2 Å². The summed E-state index contributed by atoms with van der Waals surface area (Å²) in [5.74, 6) is 1.16. The molecule has 0 bridgehead atoms. The maximum Gasteiger partial charge on any atom is 0.306 e. The number of carbonyl (C=O) groups is 1. The summed E-state index contributed by atoms with van der Waals surface area (Å²) in [4.78, 5) is 19.4. The van der Waals surface area contributed by atoms with Crippen LogP contribution in [0, 0.1) is 0 Å². The number of esters is 1. The van der Waals surface area contributed by atoms with Gasteiger partial charge in [-0.1, -0.05) is 18.5 Å². The number of hydrogen-bond donors (Lipinski definition) is 0. The lowest BCUT2D eigenvalue weighted by Gasteiger charge is -2.03. The Morgan fingerprint density at radius 1 is 1.53 bits per heavy atom. The van der Waals surface area contributed by atoms with Crippen molar-refractivity contribution in [3.8, 4) is 0 Å². The standard InChI is InChI=1S/C11H15ClN2O2S/c1-3-4-9-13-8(12)7-10(14-9)17-6-5-11(15)16-2/h7H,3-6H2,1-2H3. The Morgan fingerprint density at radius 2 is 2.29 bits per heavy atom. The highest BCUT2D eigenvalue weighted by atomic mass is 35.5. The summed E-state index contributed by atoms with van der Waals surface area (Å²) in [5, 5.41) is 1.25. The Hall–Kier alpha value is -0.810. The molecule has 0 atom stereocenters. The van der Waals surface area contributed by atoms with Gasteiger partial charge in [0.15, 0.2) is 0 Å². The molecule has 1 aromatic heterocycles. The number of rotatable bonds is 6.